The third-order valence-electron chi connectivity index (χ3n) is 15.4. The van der Waals surface area contributed by atoms with Crippen molar-refractivity contribution in [1.82, 2.24) is 0 Å². The molecule has 0 aliphatic carbocycles. The number of carbonyl (C=O) groups is 3. The van der Waals surface area contributed by atoms with Crippen molar-refractivity contribution in [1.29, 1.82) is 0 Å². The summed E-state index contributed by atoms with van der Waals surface area (Å²) >= 11 is 0. The number of hydrogen-bond acceptors (Lipinski definition) is 6. The average Bonchev–Trinajstić information content (AvgIpc) is 3.42. The fourth-order valence-corrected chi connectivity index (χ4v) is 10.3. The first-order chi connectivity index (χ1) is 37.5. The topological polar surface area (TPSA) is 78.9 Å². The number of ether oxygens (including phenoxy) is 3. The maximum absolute atomic E-state index is 12.9. The molecule has 446 valence electrons. The van der Waals surface area contributed by atoms with E-state index < -0.39 is 6.10 Å². The minimum absolute atomic E-state index is 0.0759. The first-order valence-corrected chi connectivity index (χ1v) is 34.0. The molecule has 0 amide bonds. The summed E-state index contributed by atoms with van der Waals surface area (Å²) in [6.07, 6.45) is 80.4. The molecule has 0 saturated carbocycles. The SMILES string of the molecule is CC/C=C\C/C=C\C/C=C\CCCCCC(=O)OCC(COC(=O)CCCCCCCCCCCCCCCCCCCCCCCCC)OC(=O)CCCCCCCCCCCCCCCCCCCCCCCC. The van der Waals surface area contributed by atoms with Crippen LogP contribution in [0.5, 0.6) is 0 Å². The summed E-state index contributed by atoms with van der Waals surface area (Å²) in [6.45, 7) is 6.58. The van der Waals surface area contributed by atoms with Gasteiger partial charge >= 0.3 is 17.9 Å². The third kappa shape index (κ3) is 62.5. The Balaban J connectivity index is 4.24. The number of carbonyl (C=O) groups excluding carboxylic acids is 3. The average molecular weight is 1070 g/mol. The van der Waals surface area contributed by atoms with E-state index in [0.717, 1.165) is 83.5 Å². The van der Waals surface area contributed by atoms with Gasteiger partial charge < -0.3 is 14.2 Å². The quantitative estimate of drug-likeness (QED) is 0.0261. The van der Waals surface area contributed by atoms with Crippen LogP contribution in [0, 0.1) is 0 Å². The highest BCUT2D eigenvalue weighted by Crippen LogP contribution is 2.19. The molecule has 0 fully saturated rings. The van der Waals surface area contributed by atoms with Gasteiger partial charge in [0, 0.05) is 19.3 Å². The molecule has 6 heteroatoms. The van der Waals surface area contributed by atoms with Gasteiger partial charge in [-0.05, 0) is 51.4 Å². The molecule has 6 nitrogen and oxygen atoms in total. The molecular formula is C70H130O6. The minimum atomic E-state index is -0.781. The molecule has 0 N–H and O–H groups in total. The molecule has 0 heterocycles. The lowest BCUT2D eigenvalue weighted by atomic mass is 10.0. The van der Waals surface area contributed by atoms with Gasteiger partial charge in [0.1, 0.15) is 13.2 Å². The summed E-state index contributed by atoms with van der Waals surface area (Å²) in [5, 5.41) is 0. The van der Waals surface area contributed by atoms with E-state index in [1.165, 1.54) is 250 Å². The van der Waals surface area contributed by atoms with E-state index in [4.69, 9.17) is 14.2 Å². The summed E-state index contributed by atoms with van der Waals surface area (Å²) in [6, 6.07) is 0. The maximum Gasteiger partial charge on any atom is 0.306 e. The van der Waals surface area contributed by atoms with Crippen LogP contribution >= 0.6 is 0 Å². The fraction of sp³-hybridized carbons (Fsp3) is 0.871. The second-order valence-corrected chi connectivity index (χ2v) is 23.1. The van der Waals surface area contributed by atoms with E-state index >= 15 is 0 Å². The van der Waals surface area contributed by atoms with Crippen LogP contribution in [0.3, 0.4) is 0 Å². The Bertz CT molecular complexity index is 1270. The first kappa shape index (κ1) is 73.6. The van der Waals surface area contributed by atoms with Crippen LogP contribution in [0.25, 0.3) is 0 Å². The van der Waals surface area contributed by atoms with Crippen molar-refractivity contribution in [3.05, 3.63) is 36.5 Å². The van der Waals surface area contributed by atoms with Crippen LogP contribution in [-0.4, -0.2) is 37.2 Å². The minimum Gasteiger partial charge on any atom is -0.462 e. The Morgan fingerprint density at radius 2 is 0.513 bits per heavy atom. The zero-order valence-corrected chi connectivity index (χ0v) is 51.3. The van der Waals surface area contributed by atoms with Crippen molar-refractivity contribution in [3.8, 4) is 0 Å². The number of rotatable bonds is 63. The maximum atomic E-state index is 12.9. The van der Waals surface area contributed by atoms with Gasteiger partial charge in [-0.2, -0.15) is 0 Å². The molecule has 0 aliphatic rings. The van der Waals surface area contributed by atoms with E-state index in [9.17, 15) is 14.4 Å². The van der Waals surface area contributed by atoms with Crippen molar-refractivity contribution in [2.75, 3.05) is 13.2 Å². The summed E-state index contributed by atoms with van der Waals surface area (Å²) in [7, 11) is 0. The van der Waals surface area contributed by atoms with Gasteiger partial charge in [-0.25, -0.2) is 0 Å². The fourth-order valence-electron chi connectivity index (χ4n) is 10.3. The van der Waals surface area contributed by atoms with Crippen molar-refractivity contribution in [3.63, 3.8) is 0 Å². The lowest BCUT2D eigenvalue weighted by Gasteiger charge is -2.18. The molecular weight excluding hydrogens is 937 g/mol. The lowest BCUT2D eigenvalue weighted by molar-refractivity contribution is -0.167. The van der Waals surface area contributed by atoms with Gasteiger partial charge in [0.25, 0.3) is 0 Å². The van der Waals surface area contributed by atoms with Crippen molar-refractivity contribution in [2.45, 2.75) is 380 Å². The molecule has 1 unspecified atom stereocenters. The van der Waals surface area contributed by atoms with Crippen LogP contribution in [-0.2, 0) is 28.6 Å². The van der Waals surface area contributed by atoms with Crippen molar-refractivity contribution < 1.29 is 28.6 Å². The predicted molar refractivity (Wildman–Crippen MR) is 330 cm³/mol. The van der Waals surface area contributed by atoms with Crippen LogP contribution in [0.15, 0.2) is 36.5 Å². The molecule has 0 spiro atoms. The molecule has 0 aliphatic heterocycles. The smallest absolute Gasteiger partial charge is 0.306 e. The first-order valence-electron chi connectivity index (χ1n) is 34.0. The Hall–Kier alpha value is -2.37. The largest absolute Gasteiger partial charge is 0.462 e. The monoisotopic (exact) mass is 1070 g/mol. The molecule has 0 aromatic heterocycles. The summed E-state index contributed by atoms with van der Waals surface area (Å²) in [4.78, 5) is 38.3. The second-order valence-electron chi connectivity index (χ2n) is 23.1. The predicted octanol–water partition coefficient (Wildman–Crippen LogP) is 23.2. The lowest BCUT2D eigenvalue weighted by Crippen LogP contribution is -2.30. The van der Waals surface area contributed by atoms with E-state index in [0.29, 0.717) is 19.3 Å². The third-order valence-corrected chi connectivity index (χ3v) is 15.4. The van der Waals surface area contributed by atoms with Gasteiger partial charge in [-0.1, -0.05) is 340 Å². The van der Waals surface area contributed by atoms with Gasteiger partial charge in [0.05, 0.1) is 0 Å². The number of unbranched alkanes of at least 4 members (excludes halogenated alkanes) is 46. The zero-order chi connectivity index (χ0) is 55.0. The number of allylic oxidation sites excluding steroid dienone is 6. The molecule has 0 bridgehead atoms. The molecule has 0 saturated heterocycles. The van der Waals surface area contributed by atoms with Crippen LogP contribution < -0.4 is 0 Å². The Labute approximate surface area is 474 Å². The Kier molecular flexibility index (Phi) is 63.1. The molecule has 0 rings (SSSR count). The van der Waals surface area contributed by atoms with E-state index in [1.807, 2.05) is 0 Å². The number of esters is 3. The Morgan fingerprint density at radius 3 is 0.803 bits per heavy atom. The van der Waals surface area contributed by atoms with E-state index in [1.54, 1.807) is 0 Å². The molecule has 0 aromatic carbocycles. The van der Waals surface area contributed by atoms with E-state index in [-0.39, 0.29) is 31.1 Å². The standard InChI is InChI=1S/C70H130O6/c1-4-7-10-13-16-19-22-25-27-29-31-33-35-37-38-40-42-45-48-51-54-57-60-63-69(72)75-66-67(65-74-68(71)62-59-56-53-50-47-44-24-21-18-15-12-9-6-3)76-70(73)64-61-58-55-52-49-46-43-41-39-36-34-32-30-28-26-23-20-17-14-11-8-5-2/h9,12,18,21,44,47,67H,4-8,10-11,13-17,19-20,22-43,45-46,48-66H2,1-3H3/b12-9-,21-18-,47-44-. The molecule has 1 atom stereocenters. The van der Waals surface area contributed by atoms with Crippen molar-refractivity contribution >= 4 is 17.9 Å². The van der Waals surface area contributed by atoms with Crippen LogP contribution in [0.1, 0.15) is 374 Å². The summed E-state index contributed by atoms with van der Waals surface area (Å²) in [5.41, 5.74) is 0. The summed E-state index contributed by atoms with van der Waals surface area (Å²) < 4.78 is 16.9. The summed E-state index contributed by atoms with van der Waals surface area (Å²) in [5.74, 6) is -0.878. The molecule has 0 radical (unpaired) electrons. The Morgan fingerprint density at radius 1 is 0.276 bits per heavy atom. The second kappa shape index (κ2) is 65.2. The highest BCUT2D eigenvalue weighted by atomic mass is 16.6. The van der Waals surface area contributed by atoms with Crippen molar-refractivity contribution in [2.24, 2.45) is 0 Å². The van der Waals surface area contributed by atoms with Gasteiger partial charge in [-0.3, -0.25) is 14.4 Å². The number of hydrogen-bond donors (Lipinski definition) is 0. The highest BCUT2D eigenvalue weighted by molar-refractivity contribution is 5.71. The van der Waals surface area contributed by atoms with Gasteiger partial charge in [0.2, 0.25) is 0 Å². The van der Waals surface area contributed by atoms with Gasteiger partial charge in [-0.15, -0.1) is 0 Å². The highest BCUT2D eigenvalue weighted by Gasteiger charge is 2.19. The van der Waals surface area contributed by atoms with E-state index in [2.05, 4.69) is 57.2 Å². The molecule has 0 aromatic rings. The zero-order valence-electron chi connectivity index (χ0n) is 51.3. The van der Waals surface area contributed by atoms with Crippen LogP contribution in [0.4, 0.5) is 0 Å². The molecule has 76 heavy (non-hydrogen) atoms. The van der Waals surface area contributed by atoms with Crippen LogP contribution in [0.2, 0.25) is 0 Å². The normalized spacial score (nSPS) is 12.2. The van der Waals surface area contributed by atoms with Gasteiger partial charge in [0.15, 0.2) is 6.10 Å².